The van der Waals surface area contributed by atoms with Gasteiger partial charge in [0.15, 0.2) is 11.5 Å². The van der Waals surface area contributed by atoms with Gasteiger partial charge in [0.1, 0.15) is 0 Å². The van der Waals surface area contributed by atoms with Crippen LogP contribution in [0.15, 0.2) is 18.2 Å². The summed E-state index contributed by atoms with van der Waals surface area (Å²) >= 11 is 4.21. The van der Waals surface area contributed by atoms with Crippen LogP contribution in [-0.2, 0) is 6.42 Å². The van der Waals surface area contributed by atoms with Crippen LogP contribution >= 0.6 is 23.5 Å². The summed E-state index contributed by atoms with van der Waals surface area (Å²) in [7, 11) is 5.46. The average molecular weight is 380 g/mol. The molecule has 1 aliphatic heterocycles. The summed E-state index contributed by atoms with van der Waals surface area (Å²) in [5, 5.41) is 0. The molecule has 0 spiro atoms. The lowest BCUT2D eigenvalue weighted by molar-refractivity contribution is 0.353. The lowest BCUT2D eigenvalue weighted by Gasteiger charge is -2.19. The van der Waals surface area contributed by atoms with Crippen LogP contribution in [0.25, 0.3) is 0 Å². The number of hydrogen-bond acceptors (Lipinski definition) is 5. The molecule has 1 aliphatic rings. The Kier molecular flexibility index (Phi) is 9.46. The Hall–Kier alpha value is -0.960. The molecule has 1 aromatic rings. The van der Waals surface area contributed by atoms with E-state index in [1.54, 1.807) is 14.2 Å². The van der Waals surface area contributed by atoms with Crippen molar-refractivity contribution < 1.29 is 9.47 Å². The fraction of sp³-hybridized carbons (Fsp3) is 0.600. The summed E-state index contributed by atoms with van der Waals surface area (Å²) in [6.07, 6.45) is 4.59. The number of rotatable bonds is 8. The van der Waals surface area contributed by atoms with Gasteiger partial charge in [0.2, 0.25) is 0 Å². The van der Waals surface area contributed by atoms with Crippen molar-refractivity contribution in [3.63, 3.8) is 0 Å². The number of ether oxygens (including phenoxy) is 2. The number of benzene rings is 1. The minimum Gasteiger partial charge on any atom is -0.493 e. The number of likely N-dealkylation sites (N-methyl/N-ethyl adjacent to an activating group) is 1. The Labute approximate surface area is 161 Å². The molecule has 25 heavy (non-hydrogen) atoms. The van der Waals surface area contributed by atoms with Crippen LogP contribution in [0, 0.1) is 11.8 Å². The minimum absolute atomic E-state index is 0.769. The zero-order valence-electron chi connectivity index (χ0n) is 15.5. The fourth-order valence-electron chi connectivity index (χ4n) is 2.61. The van der Waals surface area contributed by atoms with E-state index in [4.69, 9.17) is 9.47 Å². The van der Waals surface area contributed by atoms with Gasteiger partial charge in [-0.25, -0.2) is 0 Å². The third-order valence-electron chi connectivity index (χ3n) is 4.11. The van der Waals surface area contributed by atoms with E-state index in [1.165, 1.54) is 29.9 Å². The van der Waals surface area contributed by atoms with Crippen LogP contribution < -0.4 is 9.47 Å². The van der Waals surface area contributed by atoms with Crippen LogP contribution in [0.4, 0.5) is 0 Å². The molecule has 0 amide bonds. The van der Waals surface area contributed by atoms with E-state index in [1.807, 2.05) is 6.07 Å². The molecule has 0 N–H and O–H groups in total. The second kappa shape index (κ2) is 11.6. The maximum absolute atomic E-state index is 5.36. The van der Waals surface area contributed by atoms with Crippen LogP contribution in [0.1, 0.15) is 24.8 Å². The van der Waals surface area contributed by atoms with Gasteiger partial charge < -0.3 is 9.47 Å². The lowest BCUT2D eigenvalue weighted by Crippen LogP contribution is -2.21. The Morgan fingerprint density at radius 3 is 2.60 bits per heavy atom. The van der Waals surface area contributed by atoms with E-state index in [2.05, 4.69) is 59.4 Å². The first kappa shape index (κ1) is 20.4. The van der Waals surface area contributed by atoms with E-state index >= 15 is 0 Å². The molecule has 2 rings (SSSR count). The normalized spacial score (nSPS) is 14.9. The van der Waals surface area contributed by atoms with Crippen LogP contribution in [-0.4, -0.2) is 55.3 Å². The highest BCUT2D eigenvalue weighted by Crippen LogP contribution is 2.33. The fourth-order valence-corrected chi connectivity index (χ4v) is 5.47. The Bertz CT molecular complexity index is 577. The predicted molar refractivity (Wildman–Crippen MR) is 111 cm³/mol. The van der Waals surface area contributed by atoms with Crippen molar-refractivity contribution in [2.45, 2.75) is 30.3 Å². The molecule has 0 saturated carbocycles. The van der Waals surface area contributed by atoms with Gasteiger partial charge in [-0.05, 0) is 55.5 Å². The van der Waals surface area contributed by atoms with E-state index in [9.17, 15) is 0 Å². The first-order valence-electron chi connectivity index (χ1n) is 8.81. The molecular weight excluding hydrogens is 350 g/mol. The molecule has 1 heterocycles. The maximum atomic E-state index is 5.36. The largest absolute Gasteiger partial charge is 0.493 e. The van der Waals surface area contributed by atoms with Crippen molar-refractivity contribution in [2.24, 2.45) is 0 Å². The SMILES string of the molecule is COc1ccc(CCN(C)CC#CCCC2SCCCS2)cc1OC. The third-order valence-corrected chi connectivity index (χ3v) is 7.19. The van der Waals surface area contributed by atoms with E-state index in [0.29, 0.717) is 0 Å². The highest BCUT2D eigenvalue weighted by Gasteiger charge is 2.12. The summed E-state index contributed by atoms with van der Waals surface area (Å²) in [6.45, 7) is 1.82. The molecule has 0 aliphatic carbocycles. The molecule has 1 aromatic carbocycles. The van der Waals surface area contributed by atoms with Crippen molar-refractivity contribution in [1.29, 1.82) is 0 Å². The second-order valence-electron chi connectivity index (χ2n) is 6.09. The molecule has 0 unspecified atom stereocenters. The summed E-state index contributed by atoms with van der Waals surface area (Å²) in [4.78, 5) is 2.27. The third kappa shape index (κ3) is 7.43. The van der Waals surface area contributed by atoms with Gasteiger partial charge in [-0.1, -0.05) is 12.0 Å². The number of methoxy groups -OCH3 is 2. The first-order chi connectivity index (χ1) is 12.2. The highest BCUT2D eigenvalue weighted by atomic mass is 32.2. The number of hydrogen-bond donors (Lipinski definition) is 0. The predicted octanol–water partition coefficient (Wildman–Crippen LogP) is 4.16. The van der Waals surface area contributed by atoms with Gasteiger partial charge in [-0.3, -0.25) is 4.90 Å². The lowest BCUT2D eigenvalue weighted by atomic mass is 10.1. The maximum Gasteiger partial charge on any atom is 0.160 e. The van der Waals surface area contributed by atoms with Crippen LogP contribution in [0.3, 0.4) is 0 Å². The molecule has 0 radical (unpaired) electrons. The zero-order chi connectivity index (χ0) is 17.9. The van der Waals surface area contributed by atoms with Crippen LogP contribution in [0.5, 0.6) is 11.5 Å². The Morgan fingerprint density at radius 2 is 1.88 bits per heavy atom. The van der Waals surface area contributed by atoms with Crippen molar-refractivity contribution >= 4 is 23.5 Å². The minimum atomic E-state index is 0.769. The summed E-state index contributed by atoms with van der Waals surface area (Å²) in [6, 6.07) is 6.12. The monoisotopic (exact) mass is 379 g/mol. The first-order valence-corrected chi connectivity index (χ1v) is 10.9. The number of nitrogens with zero attached hydrogens (tertiary/aromatic N) is 1. The standard InChI is InChI=1S/C20H29NO2S2/c1-21(12-6-4-5-8-20-24-14-7-15-25-20)13-11-17-9-10-18(22-2)19(16-17)23-3/h9-10,16,20H,5,7-8,11-15H2,1-3H3. The molecule has 5 heteroatoms. The second-order valence-corrected chi connectivity index (χ2v) is 9.01. The van der Waals surface area contributed by atoms with Crippen molar-refractivity contribution in [1.82, 2.24) is 4.90 Å². The topological polar surface area (TPSA) is 21.7 Å². The molecule has 3 nitrogen and oxygen atoms in total. The molecule has 1 fully saturated rings. The summed E-state index contributed by atoms with van der Waals surface area (Å²) in [5.41, 5.74) is 1.25. The van der Waals surface area contributed by atoms with Crippen molar-refractivity contribution in [2.75, 3.05) is 45.9 Å². The Balaban J connectivity index is 1.67. The highest BCUT2D eigenvalue weighted by molar-refractivity contribution is 8.17. The quantitative estimate of drug-likeness (QED) is 0.631. The number of thioether (sulfide) groups is 2. The van der Waals surface area contributed by atoms with Gasteiger partial charge >= 0.3 is 0 Å². The molecule has 0 bridgehead atoms. The molecule has 138 valence electrons. The molecule has 1 saturated heterocycles. The summed E-state index contributed by atoms with van der Waals surface area (Å²) in [5.74, 6) is 10.9. The zero-order valence-corrected chi connectivity index (χ0v) is 17.2. The smallest absolute Gasteiger partial charge is 0.160 e. The van der Waals surface area contributed by atoms with Gasteiger partial charge in [-0.15, -0.1) is 29.4 Å². The van der Waals surface area contributed by atoms with Crippen molar-refractivity contribution in [3.8, 4) is 23.3 Å². The van der Waals surface area contributed by atoms with Gasteiger partial charge in [0.05, 0.1) is 25.3 Å². The molecular formula is C20H29NO2S2. The summed E-state index contributed by atoms with van der Waals surface area (Å²) < 4.78 is 11.4. The molecule has 0 atom stereocenters. The van der Waals surface area contributed by atoms with Gasteiger partial charge in [0.25, 0.3) is 0 Å². The van der Waals surface area contributed by atoms with Crippen molar-refractivity contribution in [3.05, 3.63) is 23.8 Å². The average Bonchev–Trinajstić information content (AvgIpc) is 2.66. The van der Waals surface area contributed by atoms with Gasteiger partial charge in [-0.2, -0.15) is 0 Å². The molecule has 0 aromatic heterocycles. The van der Waals surface area contributed by atoms with E-state index in [0.717, 1.165) is 42.0 Å². The van der Waals surface area contributed by atoms with E-state index in [-0.39, 0.29) is 0 Å². The van der Waals surface area contributed by atoms with Crippen LogP contribution in [0.2, 0.25) is 0 Å². The Morgan fingerprint density at radius 1 is 1.12 bits per heavy atom. The van der Waals surface area contributed by atoms with E-state index < -0.39 is 0 Å². The van der Waals surface area contributed by atoms with Gasteiger partial charge in [0, 0.05) is 13.0 Å².